The largest absolute Gasteiger partial charge is 0.438 e. The Morgan fingerprint density at radius 3 is 2.54 bits per heavy atom. The molecule has 2 aromatic heterocycles. The second-order valence-electron chi connectivity index (χ2n) is 9.35. The van der Waals surface area contributed by atoms with Crippen molar-refractivity contribution < 1.29 is 24.2 Å². The van der Waals surface area contributed by atoms with Gasteiger partial charge in [-0.15, -0.1) is 11.3 Å². The van der Waals surface area contributed by atoms with Crippen molar-refractivity contribution in [2.45, 2.75) is 59.1 Å². The van der Waals surface area contributed by atoms with E-state index < -0.39 is 0 Å². The summed E-state index contributed by atoms with van der Waals surface area (Å²) in [5.41, 5.74) is 2.33. The lowest BCUT2D eigenvalue weighted by atomic mass is 9.82. The molecule has 0 saturated heterocycles. The summed E-state index contributed by atoms with van der Waals surface area (Å²) in [5.74, 6) is 0.588. The van der Waals surface area contributed by atoms with E-state index >= 15 is 0 Å². The summed E-state index contributed by atoms with van der Waals surface area (Å²) in [7, 11) is 0. The summed E-state index contributed by atoms with van der Waals surface area (Å²) in [6, 6.07) is 9.37. The number of carbonyl (C=O) groups is 2. The van der Waals surface area contributed by atoms with E-state index in [-0.39, 0.29) is 36.1 Å². The van der Waals surface area contributed by atoms with Crippen LogP contribution < -0.4 is 10.2 Å². The Kier molecular flexibility index (Phi) is 8.00. The lowest BCUT2D eigenvalue weighted by molar-refractivity contribution is -0.252. The van der Waals surface area contributed by atoms with Crippen LogP contribution >= 0.6 is 11.3 Å². The molecule has 1 fully saturated rings. The van der Waals surface area contributed by atoms with E-state index in [9.17, 15) is 14.8 Å². The molecule has 1 saturated carbocycles. The molecule has 0 atom stereocenters. The van der Waals surface area contributed by atoms with Crippen LogP contribution in [0, 0.1) is 11.8 Å². The van der Waals surface area contributed by atoms with Crippen LogP contribution in [0.15, 0.2) is 47.3 Å². The lowest BCUT2D eigenvalue weighted by Gasteiger charge is -2.33. The summed E-state index contributed by atoms with van der Waals surface area (Å²) in [6.07, 6.45) is 6.53. The van der Waals surface area contributed by atoms with Crippen LogP contribution in [0.2, 0.25) is 0 Å². The highest BCUT2D eigenvalue weighted by Gasteiger charge is 2.32. The number of nitrogens with zero attached hydrogens (tertiary/aromatic N) is 2. The van der Waals surface area contributed by atoms with Crippen molar-refractivity contribution in [3.63, 3.8) is 0 Å². The van der Waals surface area contributed by atoms with Crippen molar-refractivity contribution >= 4 is 34.5 Å². The normalized spacial score (nSPS) is 18.0. The average Bonchev–Trinajstić information content (AvgIpc) is 3.51. The first kappa shape index (κ1) is 25.1. The maximum Gasteiger partial charge on any atom is 0.293 e. The van der Waals surface area contributed by atoms with Crippen LogP contribution in [0.5, 0.6) is 0 Å². The molecule has 0 bridgehead atoms. The minimum atomic E-state index is -0.376. The summed E-state index contributed by atoms with van der Waals surface area (Å²) < 4.78 is 5.02. The fourth-order valence-corrected chi connectivity index (χ4v) is 5.58. The summed E-state index contributed by atoms with van der Waals surface area (Å²) in [5, 5.41) is 12.0. The zero-order valence-corrected chi connectivity index (χ0v) is 21.0. The quantitative estimate of drug-likeness (QED) is 0.283. The van der Waals surface area contributed by atoms with Crippen LogP contribution in [0.4, 0.5) is 11.4 Å². The van der Waals surface area contributed by atoms with Gasteiger partial charge in [-0.05, 0) is 69.2 Å². The monoisotopic (exact) mass is 497 g/mol. The van der Waals surface area contributed by atoms with Gasteiger partial charge < -0.3 is 14.6 Å². The third-order valence-electron chi connectivity index (χ3n) is 6.44. The molecule has 0 spiro atoms. The number of aromatic nitrogens is 1. The van der Waals surface area contributed by atoms with Crippen LogP contribution in [0.1, 0.15) is 61.9 Å². The maximum atomic E-state index is 13.6. The first-order valence-electron chi connectivity index (χ1n) is 11.9. The molecule has 35 heavy (non-hydrogen) atoms. The summed E-state index contributed by atoms with van der Waals surface area (Å²) in [4.78, 5) is 37.6. The molecular weight excluding hydrogens is 466 g/mol. The van der Waals surface area contributed by atoms with Crippen LogP contribution in [0.3, 0.4) is 0 Å². The Balaban J connectivity index is 1.57. The molecule has 0 unspecified atom stereocenters. The second kappa shape index (κ2) is 11.2. The lowest BCUT2D eigenvalue weighted by Crippen LogP contribution is -2.42. The first-order chi connectivity index (χ1) is 16.9. The number of benzene rings is 1. The molecule has 2 heterocycles. The van der Waals surface area contributed by atoms with Gasteiger partial charge in [0.05, 0.1) is 16.8 Å². The van der Waals surface area contributed by atoms with Gasteiger partial charge in [0.2, 0.25) is 11.7 Å². The van der Waals surface area contributed by atoms with Crippen LogP contribution in [0.25, 0.3) is 10.4 Å². The van der Waals surface area contributed by atoms with Gasteiger partial charge in [-0.3, -0.25) is 14.8 Å². The molecule has 0 radical (unpaired) electrons. The number of amides is 2. The minimum absolute atomic E-state index is 0.00350. The molecule has 2 amide bonds. The van der Waals surface area contributed by atoms with Gasteiger partial charge >= 0.3 is 0 Å². The van der Waals surface area contributed by atoms with Gasteiger partial charge in [0, 0.05) is 22.5 Å². The zero-order valence-electron chi connectivity index (χ0n) is 20.2. The van der Waals surface area contributed by atoms with Crippen molar-refractivity contribution in [1.82, 2.24) is 4.98 Å². The van der Waals surface area contributed by atoms with E-state index in [1.807, 2.05) is 36.9 Å². The highest BCUT2D eigenvalue weighted by Crippen LogP contribution is 2.40. The van der Waals surface area contributed by atoms with Gasteiger partial charge in [-0.1, -0.05) is 19.1 Å². The molecular formula is C26H31N3O5S. The molecule has 3 aromatic rings. The smallest absolute Gasteiger partial charge is 0.293 e. The van der Waals surface area contributed by atoms with Crippen LogP contribution in [-0.4, -0.2) is 28.1 Å². The van der Waals surface area contributed by atoms with Crippen molar-refractivity contribution in [1.29, 1.82) is 0 Å². The molecule has 186 valence electrons. The molecule has 1 aliphatic rings. The van der Waals surface area contributed by atoms with Crippen molar-refractivity contribution in [2.24, 2.45) is 11.8 Å². The summed E-state index contributed by atoms with van der Waals surface area (Å²) >= 11 is 1.48. The molecule has 8 nitrogen and oxygen atoms in total. The number of thiophene rings is 1. The molecule has 4 rings (SSSR count). The highest BCUT2D eigenvalue weighted by molar-refractivity contribution is 7.16. The number of oxazole rings is 1. The Labute approximate surface area is 208 Å². The average molecular weight is 498 g/mol. The minimum Gasteiger partial charge on any atom is -0.438 e. The maximum absolute atomic E-state index is 13.6. The van der Waals surface area contributed by atoms with E-state index in [4.69, 9.17) is 4.42 Å². The number of hydrogen-bond acceptors (Lipinski definition) is 7. The van der Waals surface area contributed by atoms with Crippen molar-refractivity contribution in [3.8, 4) is 10.4 Å². The Morgan fingerprint density at radius 1 is 1.23 bits per heavy atom. The Bertz CT molecular complexity index is 1130. The fraction of sp³-hybridized carbons (Fsp3) is 0.423. The van der Waals surface area contributed by atoms with E-state index in [1.54, 1.807) is 12.1 Å². The van der Waals surface area contributed by atoms with E-state index in [1.165, 1.54) is 23.9 Å². The predicted molar refractivity (Wildman–Crippen MR) is 135 cm³/mol. The molecule has 9 heteroatoms. The summed E-state index contributed by atoms with van der Waals surface area (Å²) in [6.45, 7) is 6.27. The van der Waals surface area contributed by atoms with Crippen molar-refractivity contribution in [3.05, 3.63) is 53.6 Å². The SMILES string of the molecule is CC1CCC(C(=O)N(c2cc(-c3ccc(NC(=O)c4cnco4)cc3)sc2COO)C(C)C)CC1. The third-order valence-corrected chi connectivity index (χ3v) is 7.59. The van der Waals surface area contributed by atoms with Crippen LogP contribution in [-0.2, 0) is 16.3 Å². The first-order valence-corrected chi connectivity index (χ1v) is 12.7. The number of carbonyl (C=O) groups excluding carboxylic acids is 2. The third kappa shape index (κ3) is 5.80. The highest BCUT2D eigenvalue weighted by atomic mass is 32.1. The van der Waals surface area contributed by atoms with E-state index in [2.05, 4.69) is 22.1 Å². The number of nitrogens with one attached hydrogen (secondary N) is 1. The standard InChI is InChI=1S/C26H31N3O5S/c1-16(2)29(26(31)19-6-4-17(3)5-7-19)21-12-23(35-24(21)14-34-32)18-8-10-20(11-9-18)28-25(30)22-13-27-15-33-22/h8-13,15-17,19,32H,4-7,14H2,1-3H3,(H,28,30). The van der Waals surface area contributed by atoms with E-state index in [0.717, 1.165) is 46.7 Å². The number of hydrogen-bond donors (Lipinski definition) is 2. The molecule has 1 aromatic carbocycles. The zero-order chi connectivity index (χ0) is 24.9. The van der Waals surface area contributed by atoms with E-state index in [0.29, 0.717) is 11.6 Å². The van der Waals surface area contributed by atoms with Gasteiger partial charge in [0.1, 0.15) is 6.61 Å². The number of rotatable bonds is 8. The van der Waals surface area contributed by atoms with Gasteiger partial charge in [0.15, 0.2) is 6.39 Å². The Hall–Kier alpha value is -3.01. The topological polar surface area (TPSA) is 105 Å². The molecule has 0 aliphatic heterocycles. The second-order valence-corrected chi connectivity index (χ2v) is 10.5. The van der Waals surface area contributed by atoms with Crippen molar-refractivity contribution in [2.75, 3.05) is 10.2 Å². The number of anilines is 2. The van der Waals surface area contributed by atoms with Gasteiger partial charge in [-0.25, -0.2) is 9.87 Å². The fourth-order valence-electron chi connectivity index (χ4n) is 4.52. The molecule has 2 N–H and O–H groups in total. The van der Waals surface area contributed by atoms with Gasteiger partial charge in [-0.2, -0.15) is 0 Å². The Morgan fingerprint density at radius 2 is 1.94 bits per heavy atom. The molecule has 1 aliphatic carbocycles. The predicted octanol–water partition coefficient (Wildman–Crippen LogP) is 6.21. The van der Waals surface area contributed by atoms with Gasteiger partial charge in [0.25, 0.3) is 5.91 Å².